The van der Waals surface area contributed by atoms with Crippen LogP contribution in [0.2, 0.25) is 0 Å². The molecule has 0 radical (unpaired) electrons. The molecule has 0 N–H and O–H groups in total. The third kappa shape index (κ3) is 7.60. The molecule has 7 aromatic heterocycles. The van der Waals surface area contributed by atoms with Gasteiger partial charge in [0.15, 0.2) is 23.3 Å². The number of pyridine rings is 1. The highest BCUT2D eigenvalue weighted by atomic mass is 15.1. The molecule has 16 heteroatoms. The Kier molecular flexibility index (Phi) is 10.2. The summed E-state index contributed by atoms with van der Waals surface area (Å²) in [4.78, 5) is 61.3. The Morgan fingerprint density at radius 1 is 0.361 bits per heavy atom. The Hall–Kier alpha value is -9.62. The number of nitriles is 1. The third-order valence-electron chi connectivity index (χ3n) is 12.6. The number of hydrogen-bond donors (Lipinski definition) is 0. The Balaban J connectivity index is 1.17. The predicted molar refractivity (Wildman–Crippen MR) is 276 cm³/mol. The lowest BCUT2D eigenvalue weighted by Crippen LogP contribution is -2.04. The van der Waals surface area contributed by atoms with Crippen LogP contribution in [-0.4, -0.2) is 73.9 Å². The van der Waals surface area contributed by atoms with E-state index in [1.807, 2.05) is 98.0 Å². The SMILES string of the molecule is Cc1nc(C)nc(-c2ccc3c4ccc(-c5nc(C)nc(C)n5)cc4n(-c4cc(-c5cccc(C#N)c5)c(-n5c6cc(-c7nc(C)nc(C)n7)ccc6c6ccc(-c7nc(C)nc(C)n7)cc65)cn4)c3c2)n1. The van der Waals surface area contributed by atoms with Crippen LogP contribution < -0.4 is 0 Å². The van der Waals surface area contributed by atoms with Gasteiger partial charge in [-0.05, 0) is 103 Å². The number of hydrogen-bond acceptors (Lipinski definition) is 14. The van der Waals surface area contributed by atoms with E-state index in [1.165, 1.54) is 0 Å². The molecule has 0 unspecified atom stereocenters. The van der Waals surface area contributed by atoms with Crippen molar-refractivity contribution in [3.8, 4) is 74.3 Å². The van der Waals surface area contributed by atoms with Gasteiger partial charge in [0.2, 0.25) is 0 Å². The maximum Gasteiger partial charge on any atom is 0.163 e. The summed E-state index contributed by atoms with van der Waals surface area (Å²) in [5.74, 6) is 7.97. The van der Waals surface area contributed by atoms with Gasteiger partial charge in [-0.15, -0.1) is 0 Å². The molecule has 0 amide bonds. The molecule has 5 aromatic carbocycles. The number of aryl methyl sites for hydroxylation is 8. The van der Waals surface area contributed by atoms with Gasteiger partial charge in [-0.1, -0.05) is 60.7 Å². The first-order valence-electron chi connectivity index (χ1n) is 23.3. The van der Waals surface area contributed by atoms with E-state index >= 15 is 0 Å². The van der Waals surface area contributed by atoms with E-state index in [2.05, 4.69) is 102 Å². The molecule has 0 aliphatic heterocycles. The summed E-state index contributed by atoms with van der Waals surface area (Å²) >= 11 is 0. The molecule has 0 aliphatic carbocycles. The lowest BCUT2D eigenvalue weighted by Gasteiger charge is -2.17. The van der Waals surface area contributed by atoms with Gasteiger partial charge in [-0.3, -0.25) is 4.57 Å². The molecule has 0 spiro atoms. The molecule has 72 heavy (non-hydrogen) atoms. The largest absolute Gasteiger partial charge is 0.307 e. The van der Waals surface area contributed by atoms with E-state index < -0.39 is 0 Å². The zero-order valence-electron chi connectivity index (χ0n) is 40.5. The van der Waals surface area contributed by atoms with Gasteiger partial charge in [-0.2, -0.15) is 5.26 Å². The van der Waals surface area contributed by atoms with Gasteiger partial charge in [0, 0.05) is 49.4 Å². The van der Waals surface area contributed by atoms with Gasteiger partial charge < -0.3 is 4.57 Å². The highest BCUT2D eigenvalue weighted by Gasteiger charge is 2.23. The van der Waals surface area contributed by atoms with Crippen LogP contribution in [0.3, 0.4) is 0 Å². The van der Waals surface area contributed by atoms with Gasteiger partial charge in [0.05, 0.1) is 45.6 Å². The van der Waals surface area contributed by atoms with Crippen LogP contribution in [0, 0.1) is 66.7 Å². The second-order valence-corrected chi connectivity index (χ2v) is 17.9. The van der Waals surface area contributed by atoms with Crippen molar-refractivity contribution in [1.29, 1.82) is 5.26 Å². The van der Waals surface area contributed by atoms with Gasteiger partial charge >= 0.3 is 0 Å². The molecule has 0 saturated heterocycles. The average molecular weight is 939 g/mol. The Morgan fingerprint density at radius 2 is 0.708 bits per heavy atom. The van der Waals surface area contributed by atoms with E-state index in [0.717, 1.165) is 82.7 Å². The average Bonchev–Trinajstić information content (AvgIpc) is 3.86. The highest BCUT2D eigenvalue weighted by molar-refractivity contribution is 6.12. The number of aromatic nitrogens is 15. The van der Waals surface area contributed by atoms with Crippen LogP contribution in [0.15, 0.2) is 109 Å². The first-order valence-corrected chi connectivity index (χ1v) is 23.3. The fourth-order valence-corrected chi connectivity index (χ4v) is 9.80. The van der Waals surface area contributed by atoms with Crippen molar-refractivity contribution in [2.45, 2.75) is 55.4 Å². The summed E-state index contributed by atoms with van der Waals surface area (Å²) in [6.07, 6.45) is 1.92. The molecule has 12 aromatic rings. The van der Waals surface area contributed by atoms with Crippen LogP contribution in [0.1, 0.15) is 52.2 Å². The van der Waals surface area contributed by atoms with Gasteiger partial charge in [0.25, 0.3) is 0 Å². The second-order valence-electron chi connectivity index (χ2n) is 17.9. The minimum absolute atomic E-state index is 0.516. The molecular formula is C56H42N16. The summed E-state index contributed by atoms with van der Waals surface area (Å²) in [6.45, 7) is 15.0. The molecule has 7 heterocycles. The maximum atomic E-state index is 10.3. The third-order valence-corrected chi connectivity index (χ3v) is 12.6. The minimum atomic E-state index is 0.516. The standard InChI is InChI=1S/C56H42N16/c1-28-59-29(2)64-53(63-28)38-12-16-42-43-17-13-39(54-65-30(3)60-31(4)66-54)22-48(43)71(47(42)21-38)51-27-58-52(25-46(51)37-11-9-10-36(20-37)26-57)72-49-23-40(55-67-32(5)61-33(6)68-55)14-18-44(49)45-19-15-41(24-50(45)72)56-69-34(7)62-35(8)70-56/h9-25,27H,1-8H3. The molecule has 0 aliphatic rings. The number of nitrogens with zero attached hydrogens (tertiary/aromatic N) is 16. The van der Waals surface area contributed by atoms with Crippen LogP contribution in [0.5, 0.6) is 0 Å². The summed E-state index contributed by atoms with van der Waals surface area (Å²) < 4.78 is 4.39. The summed E-state index contributed by atoms with van der Waals surface area (Å²) in [6, 6.07) is 37.2. The highest BCUT2D eigenvalue weighted by Crippen LogP contribution is 2.41. The molecule has 0 atom stereocenters. The molecule has 0 fully saturated rings. The summed E-state index contributed by atoms with van der Waals surface area (Å²) in [7, 11) is 0. The predicted octanol–water partition coefficient (Wildman–Crippen LogP) is 10.7. The smallest absolute Gasteiger partial charge is 0.163 e. The normalized spacial score (nSPS) is 11.6. The number of rotatable bonds is 7. The van der Waals surface area contributed by atoms with Crippen molar-refractivity contribution in [1.82, 2.24) is 73.9 Å². The molecule has 0 saturated carbocycles. The van der Waals surface area contributed by atoms with E-state index in [4.69, 9.17) is 44.9 Å². The molecule has 346 valence electrons. The van der Waals surface area contributed by atoms with Crippen molar-refractivity contribution >= 4 is 43.6 Å². The van der Waals surface area contributed by atoms with Crippen LogP contribution >= 0.6 is 0 Å². The topological polar surface area (TPSA) is 201 Å². The Bertz CT molecular complexity index is 4000. The van der Waals surface area contributed by atoms with E-state index in [9.17, 15) is 5.26 Å². The van der Waals surface area contributed by atoms with Gasteiger partial charge in [-0.25, -0.2) is 64.8 Å². The van der Waals surface area contributed by atoms with E-state index in [0.29, 0.717) is 81.3 Å². The van der Waals surface area contributed by atoms with Crippen molar-refractivity contribution in [3.63, 3.8) is 0 Å². The van der Waals surface area contributed by atoms with E-state index in [1.54, 1.807) is 0 Å². The Morgan fingerprint density at radius 3 is 1.06 bits per heavy atom. The monoisotopic (exact) mass is 938 g/mol. The van der Waals surface area contributed by atoms with Gasteiger partial charge in [0.1, 0.15) is 52.4 Å². The molecule has 12 rings (SSSR count). The first-order chi connectivity index (χ1) is 34.8. The van der Waals surface area contributed by atoms with Crippen LogP contribution in [-0.2, 0) is 0 Å². The second kappa shape index (κ2) is 16.8. The van der Waals surface area contributed by atoms with Crippen molar-refractivity contribution in [2.24, 2.45) is 0 Å². The lowest BCUT2D eigenvalue weighted by atomic mass is 10.0. The number of benzene rings is 5. The molecule has 16 nitrogen and oxygen atoms in total. The maximum absolute atomic E-state index is 10.3. The Labute approximate surface area is 412 Å². The number of fused-ring (bicyclic) bond motifs is 6. The van der Waals surface area contributed by atoms with Crippen LogP contribution in [0.4, 0.5) is 0 Å². The fourth-order valence-electron chi connectivity index (χ4n) is 9.80. The fraction of sp³-hybridized carbons (Fsp3) is 0.143. The first kappa shape index (κ1) is 43.6. The zero-order valence-corrected chi connectivity index (χ0v) is 40.5. The summed E-state index contributed by atoms with van der Waals surface area (Å²) in [5, 5.41) is 14.3. The van der Waals surface area contributed by atoms with Crippen molar-refractivity contribution in [3.05, 3.63) is 161 Å². The lowest BCUT2D eigenvalue weighted by molar-refractivity contribution is 0.928. The van der Waals surface area contributed by atoms with E-state index in [-0.39, 0.29) is 0 Å². The quantitative estimate of drug-likeness (QED) is 0.146. The molecule has 0 bridgehead atoms. The molecular weight excluding hydrogens is 897 g/mol. The minimum Gasteiger partial charge on any atom is -0.307 e. The van der Waals surface area contributed by atoms with Crippen molar-refractivity contribution < 1.29 is 0 Å². The summed E-state index contributed by atoms with van der Waals surface area (Å²) in [5.41, 5.74) is 9.77. The zero-order chi connectivity index (χ0) is 49.5. The van der Waals surface area contributed by atoms with Crippen molar-refractivity contribution in [2.75, 3.05) is 0 Å². The van der Waals surface area contributed by atoms with Crippen LogP contribution in [0.25, 0.3) is 112 Å².